The molecule has 8 nitrogen and oxygen atoms in total. The predicted octanol–water partition coefficient (Wildman–Crippen LogP) is 0.0582. The first-order chi connectivity index (χ1) is 12.4. The van der Waals surface area contributed by atoms with E-state index in [0.29, 0.717) is 50.3 Å². The smallest absolute Gasteiger partial charge is 0.256 e. The highest BCUT2D eigenvalue weighted by molar-refractivity contribution is 6.01. The summed E-state index contributed by atoms with van der Waals surface area (Å²) in [7, 11) is 3.67. The van der Waals surface area contributed by atoms with E-state index >= 15 is 0 Å². The van der Waals surface area contributed by atoms with Gasteiger partial charge >= 0.3 is 0 Å². The molecule has 3 aliphatic heterocycles. The van der Waals surface area contributed by atoms with Crippen molar-refractivity contribution < 1.29 is 14.4 Å². The van der Waals surface area contributed by atoms with Gasteiger partial charge in [-0.3, -0.25) is 14.4 Å². The second kappa shape index (κ2) is 5.96. The van der Waals surface area contributed by atoms with Gasteiger partial charge in [-0.2, -0.15) is 0 Å². The molecule has 4 rings (SSSR count). The average Bonchev–Trinajstić information content (AvgIpc) is 2.99. The summed E-state index contributed by atoms with van der Waals surface area (Å²) in [5, 5.41) is 3.13. The lowest BCUT2D eigenvalue weighted by Gasteiger charge is -2.50. The van der Waals surface area contributed by atoms with Gasteiger partial charge in [-0.25, -0.2) is 4.98 Å². The number of anilines is 1. The number of fused-ring (bicyclic) bond motifs is 1. The van der Waals surface area contributed by atoms with E-state index in [4.69, 9.17) is 0 Å². The highest BCUT2D eigenvalue weighted by atomic mass is 16.2. The Labute approximate surface area is 152 Å². The Hall–Kier alpha value is -2.64. The summed E-state index contributed by atoms with van der Waals surface area (Å²) in [6.07, 6.45) is 3.25. The van der Waals surface area contributed by atoms with Crippen LogP contribution in [0.3, 0.4) is 0 Å². The fourth-order valence-corrected chi connectivity index (χ4v) is 4.25. The Morgan fingerprint density at radius 2 is 2.00 bits per heavy atom. The van der Waals surface area contributed by atoms with E-state index < -0.39 is 5.66 Å². The molecule has 1 N–H and O–H groups in total. The summed E-state index contributed by atoms with van der Waals surface area (Å²) in [5.41, 5.74) is 0.0592. The zero-order valence-corrected chi connectivity index (χ0v) is 15.1. The summed E-state index contributed by atoms with van der Waals surface area (Å²) >= 11 is 0. The number of pyridine rings is 1. The molecular weight excluding hydrogens is 334 g/mol. The van der Waals surface area contributed by atoms with Crippen LogP contribution in [0, 0.1) is 5.92 Å². The van der Waals surface area contributed by atoms with Crippen LogP contribution in [0.2, 0.25) is 0 Å². The van der Waals surface area contributed by atoms with E-state index in [0.717, 1.165) is 0 Å². The lowest BCUT2D eigenvalue weighted by atomic mass is 9.91. The second-order valence-corrected chi connectivity index (χ2v) is 7.42. The molecule has 0 aromatic carbocycles. The number of rotatable bonds is 1. The molecule has 2 saturated heterocycles. The van der Waals surface area contributed by atoms with E-state index in [-0.39, 0.29) is 23.6 Å². The third-order valence-corrected chi connectivity index (χ3v) is 5.93. The third kappa shape index (κ3) is 2.51. The van der Waals surface area contributed by atoms with E-state index in [1.165, 1.54) is 0 Å². The normalized spacial score (nSPS) is 24.7. The first-order valence-corrected chi connectivity index (χ1v) is 8.95. The van der Waals surface area contributed by atoms with Crippen LogP contribution in [0.25, 0.3) is 0 Å². The molecule has 0 bridgehead atoms. The van der Waals surface area contributed by atoms with Crippen molar-refractivity contribution in [2.45, 2.75) is 24.9 Å². The molecule has 26 heavy (non-hydrogen) atoms. The minimum atomic E-state index is -0.516. The van der Waals surface area contributed by atoms with Crippen LogP contribution >= 0.6 is 0 Å². The van der Waals surface area contributed by atoms with Gasteiger partial charge in [0.1, 0.15) is 11.5 Å². The highest BCUT2D eigenvalue weighted by Crippen LogP contribution is 2.35. The number of carbonyl (C=O) groups excluding carboxylic acids is 3. The van der Waals surface area contributed by atoms with Crippen LogP contribution < -0.4 is 10.2 Å². The molecule has 3 aliphatic rings. The molecule has 138 valence electrons. The number of nitrogens with one attached hydrogen (secondary N) is 1. The lowest BCUT2D eigenvalue weighted by molar-refractivity contribution is -0.137. The first-order valence-electron chi connectivity index (χ1n) is 8.95. The molecule has 3 amide bonds. The summed E-state index contributed by atoms with van der Waals surface area (Å²) in [4.78, 5) is 46.8. The molecule has 8 heteroatoms. The summed E-state index contributed by atoms with van der Waals surface area (Å²) < 4.78 is 0. The standard InChI is InChI=1S/C18H23N5O3/c1-21-11-12(10-14(21)24)17(26)23-8-5-18(6-9-23)20-16(25)13-4-3-7-19-15(13)22(18)2/h3-4,7,12H,5-6,8-11H2,1-2H3,(H,20,25). The Morgan fingerprint density at radius 3 is 2.65 bits per heavy atom. The molecule has 2 fully saturated rings. The number of nitrogens with zero attached hydrogens (tertiary/aromatic N) is 4. The summed E-state index contributed by atoms with van der Waals surface area (Å²) in [5.74, 6) is 0.385. The Bertz CT molecular complexity index is 772. The van der Waals surface area contributed by atoms with E-state index in [1.807, 2.05) is 16.8 Å². The van der Waals surface area contributed by atoms with Crippen molar-refractivity contribution in [1.82, 2.24) is 20.1 Å². The van der Waals surface area contributed by atoms with Gasteiger partial charge in [-0.1, -0.05) is 0 Å². The maximum absolute atomic E-state index is 12.7. The van der Waals surface area contributed by atoms with Crippen molar-refractivity contribution in [3.05, 3.63) is 23.9 Å². The average molecular weight is 357 g/mol. The Morgan fingerprint density at radius 1 is 1.27 bits per heavy atom. The van der Waals surface area contributed by atoms with E-state index in [9.17, 15) is 14.4 Å². The zero-order chi connectivity index (χ0) is 18.5. The maximum Gasteiger partial charge on any atom is 0.256 e. The van der Waals surface area contributed by atoms with Crippen LogP contribution in [0.5, 0.6) is 0 Å². The molecule has 1 unspecified atom stereocenters. The summed E-state index contributed by atoms with van der Waals surface area (Å²) in [6.45, 7) is 1.60. The summed E-state index contributed by atoms with van der Waals surface area (Å²) in [6, 6.07) is 3.53. The number of aromatic nitrogens is 1. The largest absolute Gasteiger partial charge is 0.345 e. The third-order valence-electron chi connectivity index (χ3n) is 5.93. The minimum Gasteiger partial charge on any atom is -0.345 e. The fraction of sp³-hybridized carbons (Fsp3) is 0.556. The van der Waals surface area contributed by atoms with Gasteiger partial charge in [0.05, 0.1) is 11.5 Å². The van der Waals surface area contributed by atoms with Crippen molar-refractivity contribution in [2.75, 3.05) is 38.6 Å². The van der Waals surface area contributed by atoms with Gasteiger partial charge in [0.25, 0.3) is 5.91 Å². The number of carbonyl (C=O) groups is 3. The van der Waals surface area contributed by atoms with Crippen molar-refractivity contribution in [1.29, 1.82) is 0 Å². The zero-order valence-electron chi connectivity index (χ0n) is 15.1. The van der Waals surface area contributed by atoms with Crippen LogP contribution in [0.15, 0.2) is 18.3 Å². The highest BCUT2D eigenvalue weighted by Gasteiger charge is 2.46. The molecule has 1 atom stereocenters. The lowest BCUT2D eigenvalue weighted by Crippen LogP contribution is -2.67. The van der Waals surface area contributed by atoms with Crippen LogP contribution in [0.4, 0.5) is 5.82 Å². The van der Waals surface area contributed by atoms with Gasteiger partial charge in [-0.15, -0.1) is 0 Å². The molecule has 1 aromatic rings. The van der Waals surface area contributed by atoms with Crippen LogP contribution in [-0.2, 0) is 9.59 Å². The molecule has 0 saturated carbocycles. The fourth-order valence-electron chi connectivity index (χ4n) is 4.25. The van der Waals surface area contributed by atoms with Gasteiger partial charge in [0, 0.05) is 59.2 Å². The molecule has 0 radical (unpaired) electrons. The van der Waals surface area contributed by atoms with Crippen molar-refractivity contribution in [2.24, 2.45) is 5.92 Å². The SMILES string of the molecule is CN1CC(C(=O)N2CCC3(CC2)NC(=O)c2cccnc2N3C)CC1=O. The Kier molecular flexibility index (Phi) is 3.86. The van der Waals surface area contributed by atoms with Crippen molar-refractivity contribution in [3.63, 3.8) is 0 Å². The van der Waals surface area contributed by atoms with Crippen molar-refractivity contribution in [3.8, 4) is 0 Å². The predicted molar refractivity (Wildman–Crippen MR) is 94.4 cm³/mol. The molecule has 1 aromatic heterocycles. The maximum atomic E-state index is 12.7. The monoisotopic (exact) mass is 357 g/mol. The minimum absolute atomic E-state index is 0.0267. The topological polar surface area (TPSA) is 85.8 Å². The Balaban J connectivity index is 1.47. The molecule has 0 aliphatic carbocycles. The van der Waals surface area contributed by atoms with Gasteiger partial charge in [0.15, 0.2) is 0 Å². The molecule has 4 heterocycles. The quantitative estimate of drug-likeness (QED) is 0.768. The van der Waals surface area contributed by atoms with E-state index in [1.54, 1.807) is 30.3 Å². The molecular formula is C18H23N5O3. The van der Waals surface area contributed by atoms with Gasteiger partial charge in [-0.05, 0) is 12.1 Å². The van der Waals surface area contributed by atoms with Gasteiger partial charge < -0.3 is 20.0 Å². The number of hydrogen-bond acceptors (Lipinski definition) is 5. The second-order valence-electron chi connectivity index (χ2n) is 7.42. The number of hydrogen-bond donors (Lipinski definition) is 1. The number of piperidine rings is 1. The van der Waals surface area contributed by atoms with Crippen LogP contribution in [0.1, 0.15) is 29.6 Å². The number of likely N-dealkylation sites (tertiary alicyclic amines) is 2. The first kappa shape index (κ1) is 16.8. The van der Waals surface area contributed by atoms with Crippen LogP contribution in [-0.4, -0.2) is 71.9 Å². The van der Waals surface area contributed by atoms with Gasteiger partial charge in [0.2, 0.25) is 11.8 Å². The van der Waals surface area contributed by atoms with Crippen molar-refractivity contribution >= 4 is 23.5 Å². The number of amides is 3. The molecule has 1 spiro atoms. The van der Waals surface area contributed by atoms with E-state index in [2.05, 4.69) is 10.3 Å².